The van der Waals surface area contributed by atoms with Crippen molar-refractivity contribution in [3.05, 3.63) is 18.2 Å². The number of nitrogen functional groups attached to an aromatic ring is 1. The van der Waals surface area contributed by atoms with Crippen molar-refractivity contribution in [1.29, 1.82) is 0 Å². The Morgan fingerprint density at radius 1 is 1.00 bits per heavy atom. The number of ether oxygens (including phenoxy) is 2. The van der Waals surface area contributed by atoms with Crippen LogP contribution in [0.1, 0.15) is 20.8 Å². The molecule has 18 heavy (non-hydrogen) atoms. The average molecular weight is 252 g/mol. The van der Waals surface area contributed by atoms with E-state index >= 15 is 0 Å². The van der Waals surface area contributed by atoms with E-state index in [1.165, 1.54) is 0 Å². The molecule has 4 nitrogen and oxygen atoms in total. The lowest BCUT2D eigenvalue weighted by molar-refractivity contribution is 0.222. The molecule has 0 aliphatic rings. The molecule has 0 radical (unpaired) electrons. The molecule has 102 valence electrons. The molecule has 0 fully saturated rings. The van der Waals surface area contributed by atoms with Gasteiger partial charge in [-0.1, -0.05) is 13.8 Å². The maximum atomic E-state index is 5.80. The molecule has 0 amide bonds. The summed E-state index contributed by atoms with van der Waals surface area (Å²) >= 11 is 0. The lowest BCUT2D eigenvalue weighted by Gasteiger charge is -2.18. The van der Waals surface area contributed by atoms with Crippen molar-refractivity contribution >= 4 is 5.69 Å². The van der Waals surface area contributed by atoms with Crippen molar-refractivity contribution in [1.82, 2.24) is 4.90 Å². The van der Waals surface area contributed by atoms with Gasteiger partial charge in [0.15, 0.2) is 0 Å². The third kappa shape index (κ3) is 4.84. The number of nitrogens with two attached hydrogens (primary N) is 1. The lowest BCUT2D eigenvalue weighted by atomic mass is 10.3. The van der Waals surface area contributed by atoms with Crippen molar-refractivity contribution in [3.63, 3.8) is 0 Å². The van der Waals surface area contributed by atoms with Gasteiger partial charge >= 0.3 is 0 Å². The Kier molecular flexibility index (Phi) is 6.36. The third-order valence-electron chi connectivity index (χ3n) is 2.78. The predicted octanol–water partition coefficient (Wildman–Crippen LogP) is 2.39. The van der Waals surface area contributed by atoms with Gasteiger partial charge in [-0.15, -0.1) is 0 Å². The first kappa shape index (κ1) is 14.6. The van der Waals surface area contributed by atoms with E-state index in [9.17, 15) is 0 Å². The topological polar surface area (TPSA) is 47.7 Å². The Morgan fingerprint density at radius 3 is 2.17 bits per heavy atom. The van der Waals surface area contributed by atoms with Crippen LogP contribution in [0.3, 0.4) is 0 Å². The smallest absolute Gasteiger partial charge is 0.125 e. The number of nitrogens with zero attached hydrogens (tertiary/aromatic N) is 1. The van der Waals surface area contributed by atoms with Crippen molar-refractivity contribution < 1.29 is 9.47 Å². The van der Waals surface area contributed by atoms with Crippen LogP contribution in [0.5, 0.6) is 11.5 Å². The van der Waals surface area contributed by atoms with Crippen LogP contribution in [0.2, 0.25) is 0 Å². The zero-order chi connectivity index (χ0) is 13.4. The molecule has 1 aromatic rings. The number of hydrogen-bond donors (Lipinski definition) is 1. The standard InChI is InChI=1S/C14H24N2O2/c1-4-16(5-2)7-8-18-14-10-12(15)9-13(11-14)17-6-3/h9-11H,4-8,15H2,1-3H3. The van der Waals surface area contributed by atoms with Crippen molar-refractivity contribution in [2.45, 2.75) is 20.8 Å². The van der Waals surface area contributed by atoms with Crippen molar-refractivity contribution in [3.8, 4) is 11.5 Å². The van der Waals surface area contributed by atoms with E-state index in [4.69, 9.17) is 15.2 Å². The SMILES string of the molecule is CCOc1cc(N)cc(OCCN(CC)CC)c1. The monoisotopic (exact) mass is 252 g/mol. The fourth-order valence-corrected chi connectivity index (χ4v) is 1.76. The second-order valence-corrected chi connectivity index (χ2v) is 4.05. The van der Waals surface area contributed by atoms with Gasteiger partial charge in [-0.25, -0.2) is 0 Å². The Labute approximate surface area is 110 Å². The zero-order valence-corrected chi connectivity index (χ0v) is 11.6. The summed E-state index contributed by atoms with van der Waals surface area (Å²) in [4.78, 5) is 2.32. The second kappa shape index (κ2) is 7.82. The largest absolute Gasteiger partial charge is 0.494 e. The normalized spacial score (nSPS) is 10.7. The van der Waals surface area contributed by atoms with E-state index in [1.807, 2.05) is 19.1 Å². The fourth-order valence-electron chi connectivity index (χ4n) is 1.76. The number of likely N-dealkylation sites (N-methyl/N-ethyl adjacent to an activating group) is 1. The van der Waals surface area contributed by atoms with Crippen molar-refractivity contribution in [2.24, 2.45) is 0 Å². The number of anilines is 1. The summed E-state index contributed by atoms with van der Waals surface area (Å²) in [6.07, 6.45) is 0. The van der Waals surface area contributed by atoms with E-state index in [2.05, 4.69) is 18.7 Å². The van der Waals surface area contributed by atoms with Crippen LogP contribution in [-0.4, -0.2) is 37.7 Å². The van der Waals surface area contributed by atoms with Crippen LogP contribution < -0.4 is 15.2 Å². The van der Waals surface area contributed by atoms with E-state index < -0.39 is 0 Å². The van der Waals surface area contributed by atoms with Crippen LogP contribution in [0.15, 0.2) is 18.2 Å². The summed E-state index contributed by atoms with van der Waals surface area (Å²) in [5, 5.41) is 0. The van der Waals surface area contributed by atoms with Gasteiger partial charge in [-0.2, -0.15) is 0 Å². The summed E-state index contributed by atoms with van der Waals surface area (Å²) in [5.41, 5.74) is 6.47. The van der Waals surface area contributed by atoms with E-state index in [-0.39, 0.29) is 0 Å². The molecule has 0 atom stereocenters. The molecule has 0 saturated heterocycles. The molecule has 0 unspecified atom stereocenters. The maximum Gasteiger partial charge on any atom is 0.125 e. The van der Waals surface area contributed by atoms with Crippen LogP contribution in [0.4, 0.5) is 5.69 Å². The predicted molar refractivity (Wildman–Crippen MR) is 75.3 cm³/mol. The van der Waals surface area contributed by atoms with E-state index in [0.717, 1.165) is 31.1 Å². The summed E-state index contributed by atoms with van der Waals surface area (Å²) in [7, 11) is 0. The molecule has 0 heterocycles. The highest BCUT2D eigenvalue weighted by molar-refractivity contribution is 5.50. The van der Waals surface area contributed by atoms with Gasteiger partial charge in [0.1, 0.15) is 18.1 Å². The molecular weight excluding hydrogens is 228 g/mol. The summed E-state index contributed by atoms with van der Waals surface area (Å²) in [6.45, 7) is 10.5. The van der Waals surface area contributed by atoms with Gasteiger partial charge in [0.05, 0.1) is 6.61 Å². The van der Waals surface area contributed by atoms with E-state index in [0.29, 0.717) is 18.9 Å². The molecular formula is C14H24N2O2. The van der Waals surface area contributed by atoms with Gasteiger partial charge in [-0.3, -0.25) is 0 Å². The van der Waals surface area contributed by atoms with Crippen molar-refractivity contribution in [2.75, 3.05) is 38.6 Å². The average Bonchev–Trinajstić information content (AvgIpc) is 2.34. The molecule has 1 rings (SSSR count). The van der Waals surface area contributed by atoms with Gasteiger partial charge in [0.2, 0.25) is 0 Å². The molecule has 2 N–H and O–H groups in total. The molecule has 1 aromatic carbocycles. The first-order valence-electron chi connectivity index (χ1n) is 6.58. The van der Waals surface area contributed by atoms with Crippen LogP contribution in [-0.2, 0) is 0 Å². The van der Waals surface area contributed by atoms with Gasteiger partial charge < -0.3 is 20.1 Å². The first-order valence-corrected chi connectivity index (χ1v) is 6.58. The molecule has 0 aliphatic heterocycles. The molecule has 4 heteroatoms. The van der Waals surface area contributed by atoms with Crippen LogP contribution in [0, 0.1) is 0 Å². The first-order chi connectivity index (χ1) is 8.69. The highest BCUT2D eigenvalue weighted by Crippen LogP contribution is 2.24. The number of hydrogen-bond acceptors (Lipinski definition) is 4. The highest BCUT2D eigenvalue weighted by Gasteiger charge is 2.03. The minimum Gasteiger partial charge on any atom is -0.494 e. The Morgan fingerprint density at radius 2 is 1.61 bits per heavy atom. The van der Waals surface area contributed by atoms with Crippen LogP contribution in [0.25, 0.3) is 0 Å². The Balaban J connectivity index is 2.51. The lowest BCUT2D eigenvalue weighted by Crippen LogP contribution is -2.27. The minimum atomic E-state index is 0.627. The minimum absolute atomic E-state index is 0.627. The number of rotatable bonds is 8. The van der Waals surface area contributed by atoms with Gasteiger partial charge in [-0.05, 0) is 20.0 Å². The second-order valence-electron chi connectivity index (χ2n) is 4.05. The maximum absolute atomic E-state index is 5.80. The highest BCUT2D eigenvalue weighted by atomic mass is 16.5. The molecule has 0 aliphatic carbocycles. The Bertz CT molecular complexity index is 352. The van der Waals surface area contributed by atoms with Gasteiger partial charge in [0.25, 0.3) is 0 Å². The quantitative estimate of drug-likeness (QED) is 0.722. The summed E-state index contributed by atoms with van der Waals surface area (Å²) in [5.74, 6) is 1.53. The summed E-state index contributed by atoms with van der Waals surface area (Å²) < 4.78 is 11.1. The zero-order valence-electron chi connectivity index (χ0n) is 11.6. The molecule has 0 aromatic heterocycles. The Hall–Kier alpha value is -1.42. The molecule has 0 spiro atoms. The fraction of sp³-hybridized carbons (Fsp3) is 0.571. The molecule has 0 saturated carbocycles. The summed E-state index contributed by atoms with van der Waals surface area (Å²) in [6, 6.07) is 5.51. The van der Waals surface area contributed by atoms with Crippen LogP contribution >= 0.6 is 0 Å². The van der Waals surface area contributed by atoms with E-state index in [1.54, 1.807) is 6.07 Å². The number of benzene rings is 1. The molecule has 0 bridgehead atoms. The van der Waals surface area contributed by atoms with Gasteiger partial charge in [0, 0.05) is 30.4 Å². The third-order valence-corrected chi connectivity index (χ3v) is 2.78.